The van der Waals surface area contributed by atoms with Crippen LogP contribution in [0.25, 0.3) is 10.8 Å². The molecule has 1 heterocycles. The van der Waals surface area contributed by atoms with Gasteiger partial charge in [0.1, 0.15) is 6.54 Å². The number of fused-ring (bicyclic) bond motifs is 1. The molecule has 7 nitrogen and oxygen atoms in total. The summed E-state index contributed by atoms with van der Waals surface area (Å²) in [6.45, 7) is 1.09. The molecule has 3 rings (SSSR count). The number of esters is 1. The Morgan fingerprint density at radius 2 is 1.81 bits per heavy atom. The molecule has 0 aliphatic heterocycles. The van der Waals surface area contributed by atoms with E-state index in [-0.39, 0.29) is 12.3 Å². The molecule has 0 spiro atoms. The maximum absolute atomic E-state index is 12.2. The van der Waals surface area contributed by atoms with E-state index in [4.69, 9.17) is 9.15 Å². The number of carbonyl (C=O) groups excluding carboxylic acids is 3. The molecule has 0 bridgehead atoms. The van der Waals surface area contributed by atoms with Gasteiger partial charge in [0, 0.05) is 5.69 Å². The second-order valence-electron chi connectivity index (χ2n) is 5.84. The van der Waals surface area contributed by atoms with Crippen LogP contribution in [0, 0.1) is 0 Å². The van der Waals surface area contributed by atoms with E-state index < -0.39 is 23.9 Å². The molecule has 7 heteroatoms. The highest BCUT2D eigenvalue weighted by Gasteiger charge is 2.19. The Bertz CT molecular complexity index is 965. The molecule has 0 aliphatic rings. The Labute approximate surface area is 155 Å². The lowest BCUT2D eigenvalue weighted by Crippen LogP contribution is -2.35. The summed E-state index contributed by atoms with van der Waals surface area (Å²) in [7, 11) is 0. The first-order chi connectivity index (χ1) is 13.0. The highest BCUT2D eigenvalue weighted by atomic mass is 16.5. The van der Waals surface area contributed by atoms with Crippen LogP contribution in [0.4, 0.5) is 5.69 Å². The van der Waals surface area contributed by atoms with Gasteiger partial charge < -0.3 is 19.8 Å². The van der Waals surface area contributed by atoms with Gasteiger partial charge in [-0.15, -0.1) is 0 Å². The molecular weight excluding hydrogens is 348 g/mol. The van der Waals surface area contributed by atoms with E-state index >= 15 is 0 Å². The SMILES string of the molecule is CC(OC(=O)CNC(=O)c1ccco1)C(=O)Nc1ccc2ccccc2c1. The van der Waals surface area contributed by atoms with Crippen molar-refractivity contribution < 1.29 is 23.5 Å². The molecule has 27 heavy (non-hydrogen) atoms. The molecular formula is C20H18N2O5. The summed E-state index contributed by atoms with van der Waals surface area (Å²) >= 11 is 0. The lowest BCUT2D eigenvalue weighted by atomic mass is 10.1. The summed E-state index contributed by atoms with van der Waals surface area (Å²) in [4.78, 5) is 35.7. The molecule has 138 valence electrons. The van der Waals surface area contributed by atoms with Crippen molar-refractivity contribution in [2.45, 2.75) is 13.0 Å². The minimum Gasteiger partial charge on any atom is -0.459 e. The van der Waals surface area contributed by atoms with Crippen molar-refractivity contribution in [1.82, 2.24) is 5.32 Å². The van der Waals surface area contributed by atoms with E-state index in [2.05, 4.69) is 10.6 Å². The molecule has 0 aliphatic carbocycles. The van der Waals surface area contributed by atoms with Crippen LogP contribution in [0.3, 0.4) is 0 Å². The van der Waals surface area contributed by atoms with E-state index in [0.29, 0.717) is 5.69 Å². The fraction of sp³-hybridized carbons (Fsp3) is 0.150. The van der Waals surface area contributed by atoms with Crippen molar-refractivity contribution in [1.29, 1.82) is 0 Å². The summed E-state index contributed by atoms with van der Waals surface area (Å²) in [5.74, 6) is -1.64. The second kappa shape index (κ2) is 8.18. The molecule has 2 N–H and O–H groups in total. The van der Waals surface area contributed by atoms with Crippen LogP contribution in [0.15, 0.2) is 65.3 Å². The summed E-state index contributed by atoms with van der Waals surface area (Å²) in [5.41, 5.74) is 0.604. The summed E-state index contributed by atoms with van der Waals surface area (Å²) < 4.78 is 9.96. The van der Waals surface area contributed by atoms with Gasteiger partial charge in [0.05, 0.1) is 6.26 Å². The minimum atomic E-state index is -1.01. The summed E-state index contributed by atoms with van der Waals surface area (Å²) in [6, 6.07) is 16.3. The molecule has 2 aromatic carbocycles. The number of amides is 2. The molecule has 2 amide bonds. The lowest BCUT2D eigenvalue weighted by Gasteiger charge is -2.14. The zero-order valence-corrected chi connectivity index (χ0v) is 14.6. The van der Waals surface area contributed by atoms with Gasteiger partial charge in [-0.25, -0.2) is 0 Å². The standard InChI is InChI=1S/C20H18N2O5/c1-13(27-18(23)12-21-20(25)17-7-4-10-26-17)19(24)22-16-9-8-14-5-2-3-6-15(14)11-16/h2-11,13H,12H2,1H3,(H,21,25)(H,22,24). The highest BCUT2D eigenvalue weighted by molar-refractivity contribution is 5.98. The maximum atomic E-state index is 12.2. The topological polar surface area (TPSA) is 97.6 Å². The zero-order valence-electron chi connectivity index (χ0n) is 14.6. The summed E-state index contributed by atoms with van der Waals surface area (Å²) in [5, 5.41) is 7.11. The average Bonchev–Trinajstić information content (AvgIpc) is 3.21. The summed E-state index contributed by atoms with van der Waals surface area (Å²) in [6.07, 6.45) is 0.344. The van der Waals surface area contributed by atoms with Crippen LogP contribution in [0.2, 0.25) is 0 Å². The van der Waals surface area contributed by atoms with Gasteiger partial charge in [0.25, 0.3) is 11.8 Å². The van der Waals surface area contributed by atoms with E-state index in [9.17, 15) is 14.4 Å². The Kier molecular flexibility index (Phi) is 5.51. The molecule has 1 unspecified atom stereocenters. The van der Waals surface area contributed by atoms with Crippen LogP contribution in [0.1, 0.15) is 17.5 Å². The van der Waals surface area contributed by atoms with Crippen molar-refractivity contribution in [3.8, 4) is 0 Å². The fourth-order valence-corrected chi connectivity index (χ4v) is 2.45. The molecule has 0 saturated carbocycles. The molecule has 0 fully saturated rings. The normalized spacial score (nSPS) is 11.6. The Balaban J connectivity index is 1.50. The third kappa shape index (κ3) is 4.72. The molecule has 1 aromatic heterocycles. The average molecular weight is 366 g/mol. The number of rotatable bonds is 6. The number of furan rings is 1. The lowest BCUT2D eigenvalue weighted by molar-refractivity contribution is -0.152. The van der Waals surface area contributed by atoms with Crippen molar-refractivity contribution in [3.63, 3.8) is 0 Å². The first-order valence-electron chi connectivity index (χ1n) is 8.34. The van der Waals surface area contributed by atoms with Gasteiger partial charge >= 0.3 is 5.97 Å². The van der Waals surface area contributed by atoms with Gasteiger partial charge in [-0.05, 0) is 42.0 Å². The number of ether oxygens (including phenoxy) is 1. The molecule has 3 aromatic rings. The van der Waals surface area contributed by atoms with Gasteiger partial charge in [-0.1, -0.05) is 30.3 Å². The Morgan fingerprint density at radius 1 is 1.04 bits per heavy atom. The van der Waals surface area contributed by atoms with Crippen molar-refractivity contribution in [2.75, 3.05) is 11.9 Å². The number of hydrogen-bond donors (Lipinski definition) is 2. The zero-order chi connectivity index (χ0) is 19.2. The maximum Gasteiger partial charge on any atom is 0.326 e. The van der Waals surface area contributed by atoms with Gasteiger partial charge in [-0.3, -0.25) is 14.4 Å². The van der Waals surface area contributed by atoms with Crippen molar-refractivity contribution >= 4 is 34.2 Å². The van der Waals surface area contributed by atoms with Crippen LogP contribution < -0.4 is 10.6 Å². The van der Waals surface area contributed by atoms with Gasteiger partial charge in [0.2, 0.25) is 0 Å². The van der Waals surface area contributed by atoms with Crippen molar-refractivity contribution in [2.24, 2.45) is 0 Å². The second-order valence-corrected chi connectivity index (χ2v) is 5.84. The van der Waals surface area contributed by atoms with E-state index in [1.54, 1.807) is 12.1 Å². The number of carbonyl (C=O) groups is 3. The molecule has 0 radical (unpaired) electrons. The van der Waals surface area contributed by atoms with Crippen LogP contribution >= 0.6 is 0 Å². The van der Waals surface area contributed by atoms with Crippen LogP contribution in [0.5, 0.6) is 0 Å². The fourth-order valence-electron chi connectivity index (χ4n) is 2.45. The number of benzene rings is 2. The quantitative estimate of drug-likeness (QED) is 0.654. The minimum absolute atomic E-state index is 0.0879. The predicted octanol–water partition coefficient (Wildman–Crippen LogP) is 2.73. The molecule has 1 atom stereocenters. The van der Waals surface area contributed by atoms with E-state index in [1.165, 1.54) is 19.3 Å². The predicted molar refractivity (Wildman–Crippen MR) is 99.2 cm³/mol. The van der Waals surface area contributed by atoms with E-state index in [0.717, 1.165) is 10.8 Å². The largest absolute Gasteiger partial charge is 0.459 e. The smallest absolute Gasteiger partial charge is 0.326 e. The van der Waals surface area contributed by atoms with Crippen LogP contribution in [-0.2, 0) is 14.3 Å². The first kappa shape index (κ1) is 18.2. The number of anilines is 1. The number of nitrogens with one attached hydrogen (secondary N) is 2. The first-order valence-corrected chi connectivity index (χ1v) is 8.34. The molecule has 0 saturated heterocycles. The monoisotopic (exact) mass is 366 g/mol. The highest BCUT2D eigenvalue weighted by Crippen LogP contribution is 2.19. The van der Waals surface area contributed by atoms with Crippen LogP contribution in [-0.4, -0.2) is 30.4 Å². The Morgan fingerprint density at radius 3 is 2.56 bits per heavy atom. The Hall–Kier alpha value is -3.61. The van der Waals surface area contributed by atoms with Gasteiger partial charge in [-0.2, -0.15) is 0 Å². The van der Waals surface area contributed by atoms with Gasteiger partial charge in [0.15, 0.2) is 11.9 Å². The number of hydrogen-bond acceptors (Lipinski definition) is 5. The van der Waals surface area contributed by atoms with Crippen molar-refractivity contribution in [3.05, 3.63) is 66.6 Å². The third-order valence-electron chi connectivity index (χ3n) is 3.83. The van der Waals surface area contributed by atoms with E-state index in [1.807, 2.05) is 36.4 Å². The third-order valence-corrected chi connectivity index (χ3v) is 3.83.